The fourth-order valence-corrected chi connectivity index (χ4v) is 16.5. The highest BCUT2D eigenvalue weighted by Crippen LogP contribution is 2.65. The topological polar surface area (TPSA) is 9.72 Å². The van der Waals surface area contributed by atoms with Crippen LogP contribution in [0.3, 0.4) is 0 Å². The molecule has 0 amide bonds. The van der Waals surface area contributed by atoms with E-state index in [2.05, 4.69) is 322 Å². The van der Waals surface area contributed by atoms with E-state index < -0.39 is 0 Å². The third kappa shape index (κ3) is 9.01. The summed E-state index contributed by atoms with van der Waals surface area (Å²) in [5.41, 5.74) is 31.9. The molecule has 3 aliphatic heterocycles. The zero-order valence-electron chi connectivity index (χ0n) is 57.0. The summed E-state index contributed by atoms with van der Waals surface area (Å²) in [4.78, 5) is 8.40. The molecule has 89 heavy (non-hydrogen) atoms. The zero-order valence-corrected chi connectivity index (χ0v) is 57.0. The van der Waals surface area contributed by atoms with E-state index in [0.717, 1.165) is 29.9 Å². The SMILES string of the molecule is CC(C)(C)c1ccc(N(c2ccc(C(C)(C)C)cc2)c2cc3c4c(c2)N2c5c(cc(C(C)(C)C)cc5C5(C)CCCCC25C)B4c2ccc4c(c2N3c2c(-c3ccccc3)cc(C(C)(C)C)cc2-c2ccccc2)-c2ccc(C(C)(C)C)cc2C4(C)C)cc1. The average molecular weight is 1170 g/mol. The highest BCUT2D eigenvalue weighted by molar-refractivity contribution is 7.00. The average Bonchev–Trinajstić information content (AvgIpc) is 1.57. The number of hydrogen-bond acceptors (Lipinski definition) is 3. The van der Waals surface area contributed by atoms with Gasteiger partial charge in [-0.3, -0.25) is 0 Å². The zero-order chi connectivity index (χ0) is 63.1. The van der Waals surface area contributed by atoms with Crippen molar-refractivity contribution in [1.29, 1.82) is 0 Å². The lowest BCUT2D eigenvalue weighted by atomic mass is 9.33. The van der Waals surface area contributed by atoms with Crippen molar-refractivity contribution in [2.24, 2.45) is 0 Å². The van der Waals surface area contributed by atoms with Crippen molar-refractivity contribution in [3.05, 3.63) is 220 Å². The second kappa shape index (κ2) is 19.7. The first-order valence-corrected chi connectivity index (χ1v) is 33.4. The molecule has 2 atom stereocenters. The van der Waals surface area contributed by atoms with Crippen LogP contribution in [0.2, 0.25) is 0 Å². The quantitative estimate of drug-likeness (QED) is 0.154. The molecule has 1 fully saturated rings. The van der Waals surface area contributed by atoms with E-state index in [-0.39, 0.29) is 50.2 Å². The maximum absolute atomic E-state index is 2.95. The largest absolute Gasteiger partial charge is 0.335 e. The Morgan fingerprint density at radius 2 is 0.865 bits per heavy atom. The van der Waals surface area contributed by atoms with Crippen LogP contribution >= 0.6 is 0 Å². The third-order valence-electron chi connectivity index (χ3n) is 22.2. The van der Waals surface area contributed by atoms with Crippen LogP contribution in [0.1, 0.15) is 202 Å². The van der Waals surface area contributed by atoms with E-state index in [1.807, 2.05) is 0 Å². The summed E-state index contributed by atoms with van der Waals surface area (Å²) in [7, 11) is 0. The Balaban J connectivity index is 1.21. The highest BCUT2D eigenvalue weighted by atomic mass is 15.3. The summed E-state index contributed by atoms with van der Waals surface area (Å²) in [6.07, 6.45) is 4.69. The van der Waals surface area contributed by atoms with Gasteiger partial charge in [-0.25, -0.2) is 0 Å². The van der Waals surface area contributed by atoms with Gasteiger partial charge in [-0.1, -0.05) is 265 Å². The van der Waals surface area contributed by atoms with Crippen molar-refractivity contribution in [3.8, 4) is 33.4 Å². The van der Waals surface area contributed by atoms with Gasteiger partial charge in [0.1, 0.15) is 0 Å². The van der Waals surface area contributed by atoms with Gasteiger partial charge >= 0.3 is 0 Å². The van der Waals surface area contributed by atoms with Crippen LogP contribution in [0.15, 0.2) is 176 Å². The molecule has 14 rings (SSSR count). The monoisotopic (exact) mass is 1170 g/mol. The van der Waals surface area contributed by atoms with Crippen molar-refractivity contribution < 1.29 is 0 Å². The second-order valence-electron chi connectivity index (χ2n) is 33.4. The molecule has 3 nitrogen and oxygen atoms in total. The van der Waals surface area contributed by atoms with Crippen LogP contribution in [0, 0.1) is 0 Å². The summed E-state index contributed by atoms with van der Waals surface area (Å²) < 4.78 is 0. The Bertz CT molecular complexity index is 4200. The fourth-order valence-electron chi connectivity index (χ4n) is 16.5. The molecule has 0 bridgehead atoms. The van der Waals surface area contributed by atoms with E-state index in [4.69, 9.17) is 0 Å². The van der Waals surface area contributed by atoms with Gasteiger partial charge in [0.15, 0.2) is 0 Å². The van der Waals surface area contributed by atoms with Gasteiger partial charge in [-0.2, -0.15) is 0 Å². The Morgan fingerprint density at radius 3 is 1.39 bits per heavy atom. The first kappa shape index (κ1) is 59.1. The predicted octanol–water partition coefficient (Wildman–Crippen LogP) is 21.6. The summed E-state index contributed by atoms with van der Waals surface area (Å²) in [6, 6.07) is 70.2. The van der Waals surface area contributed by atoms with Crippen LogP contribution in [-0.2, 0) is 37.9 Å². The molecule has 0 spiro atoms. The van der Waals surface area contributed by atoms with Crippen molar-refractivity contribution in [3.63, 3.8) is 0 Å². The molecule has 2 aliphatic carbocycles. The van der Waals surface area contributed by atoms with Gasteiger partial charge in [0.05, 0.1) is 16.9 Å². The Hall–Kier alpha value is -7.56. The lowest BCUT2D eigenvalue weighted by molar-refractivity contribution is 0.195. The summed E-state index contributed by atoms with van der Waals surface area (Å²) >= 11 is 0. The standard InChI is InChI=1S/C85H94BN3/c1-78(2,3)55-32-37-60(38-33-55)87(61-39-34-56(35-40-61)79(4,5)6)62-51-71-74-72(52-62)89-76-68(84(18)44-26-27-45-85(84,89)19)49-59(82(13,14)15)50-70(76)86(74)69-43-42-66-73(63-41-36-57(80(7,8)9)48-67(63)83(66,16)17)77(69)88(71)75-64(53-28-22-20-23-29-53)46-58(81(10,11)12)47-65(75)54-30-24-21-25-31-54/h20-25,28-43,46-52H,26-27,44-45H2,1-19H3. The predicted molar refractivity (Wildman–Crippen MR) is 385 cm³/mol. The molecule has 9 aromatic rings. The Kier molecular flexibility index (Phi) is 13.1. The highest BCUT2D eigenvalue weighted by Gasteiger charge is 2.62. The molecular weight excluding hydrogens is 1070 g/mol. The smallest absolute Gasteiger partial charge is 0.252 e. The third-order valence-corrected chi connectivity index (χ3v) is 22.2. The summed E-state index contributed by atoms with van der Waals surface area (Å²) in [6.45, 7) is 45.7. The van der Waals surface area contributed by atoms with Crippen molar-refractivity contribution in [2.75, 3.05) is 14.7 Å². The minimum Gasteiger partial charge on any atom is -0.335 e. The van der Waals surface area contributed by atoms with Gasteiger partial charge in [0.2, 0.25) is 0 Å². The van der Waals surface area contributed by atoms with Gasteiger partial charge < -0.3 is 14.7 Å². The van der Waals surface area contributed by atoms with Gasteiger partial charge in [-0.05, 0) is 173 Å². The number of fused-ring (bicyclic) bond motifs is 11. The molecule has 5 aliphatic rings. The number of rotatable bonds is 6. The van der Waals surface area contributed by atoms with Crippen LogP contribution in [0.25, 0.3) is 33.4 Å². The first-order valence-electron chi connectivity index (χ1n) is 33.4. The number of hydrogen-bond donors (Lipinski definition) is 0. The number of benzene rings is 9. The van der Waals surface area contributed by atoms with Gasteiger partial charge in [-0.15, -0.1) is 0 Å². The summed E-state index contributed by atoms with van der Waals surface area (Å²) in [5, 5.41) is 0. The van der Waals surface area contributed by atoms with Crippen LogP contribution in [0.4, 0.5) is 45.5 Å². The molecule has 1 saturated carbocycles. The molecule has 0 radical (unpaired) electrons. The van der Waals surface area contributed by atoms with Gasteiger partial charge in [0, 0.05) is 61.6 Å². The molecule has 452 valence electrons. The first-order chi connectivity index (χ1) is 41.8. The maximum atomic E-state index is 2.95. The van der Waals surface area contributed by atoms with E-state index in [1.165, 1.54) is 136 Å². The second-order valence-corrected chi connectivity index (χ2v) is 33.4. The van der Waals surface area contributed by atoms with Crippen molar-refractivity contribution >= 4 is 68.6 Å². The van der Waals surface area contributed by atoms with E-state index >= 15 is 0 Å². The Labute approximate surface area is 534 Å². The van der Waals surface area contributed by atoms with Crippen LogP contribution in [-0.4, -0.2) is 12.3 Å². The minimum atomic E-state index is -0.286. The maximum Gasteiger partial charge on any atom is 0.252 e. The molecule has 9 aromatic carbocycles. The van der Waals surface area contributed by atoms with E-state index in [1.54, 1.807) is 0 Å². The number of nitrogens with zero attached hydrogens (tertiary/aromatic N) is 3. The van der Waals surface area contributed by atoms with Crippen molar-refractivity contribution in [1.82, 2.24) is 0 Å². The van der Waals surface area contributed by atoms with E-state index in [9.17, 15) is 0 Å². The number of anilines is 8. The molecular formula is C85H94BN3. The Morgan fingerprint density at radius 1 is 0.382 bits per heavy atom. The van der Waals surface area contributed by atoms with Crippen LogP contribution in [0.5, 0.6) is 0 Å². The molecule has 2 unspecified atom stereocenters. The fraction of sp³-hybridized carbons (Fsp3) is 0.365. The molecule has 3 heterocycles. The lowest BCUT2D eigenvalue weighted by Gasteiger charge is -2.53. The van der Waals surface area contributed by atoms with E-state index in [0.29, 0.717) is 0 Å². The van der Waals surface area contributed by atoms with Gasteiger partial charge in [0.25, 0.3) is 6.71 Å². The molecule has 0 saturated heterocycles. The molecule has 0 aromatic heterocycles. The molecule has 0 N–H and O–H groups in total. The van der Waals surface area contributed by atoms with Crippen LogP contribution < -0.4 is 31.1 Å². The lowest BCUT2D eigenvalue weighted by Crippen LogP contribution is -2.64. The normalized spacial score (nSPS) is 18.9. The summed E-state index contributed by atoms with van der Waals surface area (Å²) in [5.74, 6) is 0. The molecule has 4 heteroatoms. The van der Waals surface area contributed by atoms with Crippen molar-refractivity contribution in [2.45, 2.75) is 201 Å². The minimum absolute atomic E-state index is 0.0103.